The Morgan fingerprint density at radius 1 is 0.548 bits per heavy atom. The van der Waals surface area contributed by atoms with Gasteiger partial charge in [0, 0.05) is 12.8 Å². The Labute approximate surface area is 258 Å². The van der Waals surface area contributed by atoms with Crippen LogP contribution in [0.4, 0.5) is 0 Å². The van der Waals surface area contributed by atoms with Crippen molar-refractivity contribution >= 4 is 11.9 Å². The number of esters is 2. The first-order valence-electron chi connectivity index (χ1n) is 17.2. The van der Waals surface area contributed by atoms with Gasteiger partial charge in [0.25, 0.3) is 0 Å². The molecule has 5 nitrogen and oxygen atoms in total. The minimum Gasteiger partial charge on any atom is -0.462 e. The maximum absolute atomic E-state index is 12.1. The van der Waals surface area contributed by atoms with Crippen molar-refractivity contribution in [2.24, 2.45) is 0 Å². The second-order valence-corrected chi connectivity index (χ2v) is 11.2. The molecule has 0 spiro atoms. The summed E-state index contributed by atoms with van der Waals surface area (Å²) in [5.41, 5.74) is 0. The fourth-order valence-corrected chi connectivity index (χ4v) is 4.43. The number of aliphatic hydroxyl groups is 1. The van der Waals surface area contributed by atoms with Crippen LogP contribution < -0.4 is 0 Å². The normalized spacial score (nSPS) is 12.7. The molecule has 0 heterocycles. The molecule has 5 heteroatoms. The van der Waals surface area contributed by atoms with E-state index in [1.165, 1.54) is 77.0 Å². The van der Waals surface area contributed by atoms with Crippen molar-refractivity contribution in [3.63, 3.8) is 0 Å². The van der Waals surface area contributed by atoms with Gasteiger partial charge < -0.3 is 14.6 Å². The summed E-state index contributed by atoms with van der Waals surface area (Å²) >= 11 is 0. The molecule has 0 bridgehead atoms. The van der Waals surface area contributed by atoms with E-state index in [0.29, 0.717) is 12.8 Å². The first-order chi connectivity index (χ1) is 20.6. The predicted molar refractivity (Wildman–Crippen MR) is 177 cm³/mol. The van der Waals surface area contributed by atoms with Crippen molar-refractivity contribution < 1.29 is 24.2 Å². The van der Waals surface area contributed by atoms with Crippen LogP contribution in [0, 0.1) is 0 Å². The summed E-state index contributed by atoms with van der Waals surface area (Å²) in [6, 6.07) is 0. The maximum atomic E-state index is 12.1. The molecule has 1 atom stereocenters. The zero-order chi connectivity index (χ0) is 30.8. The Balaban J connectivity index is 3.70. The quantitative estimate of drug-likeness (QED) is 0.0513. The Bertz CT molecular complexity index is 722. The molecule has 0 aromatic rings. The van der Waals surface area contributed by atoms with E-state index in [1.54, 1.807) is 0 Å². The average Bonchev–Trinajstić information content (AvgIpc) is 2.99. The molecule has 0 aromatic carbocycles. The van der Waals surface area contributed by atoms with Crippen LogP contribution in [0.1, 0.15) is 155 Å². The molecule has 0 amide bonds. The third-order valence-corrected chi connectivity index (χ3v) is 7.10. The second-order valence-electron chi connectivity index (χ2n) is 11.2. The summed E-state index contributed by atoms with van der Waals surface area (Å²) in [6.45, 7) is 4.02. The molecule has 0 saturated carbocycles. The van der Waals surface area contributed by atoms with Gasteiger partial charge in [-0.3, -0.25) is 9.59 Å². The van der Waals surface area contributed by atoms with Gasteiger partial charge in [0.15, 0.2) is 6.10 Å². The van der Waals surface area contributed by atoms with E-state index in [1.807, 2.05) is 0 Å². The summed E-state index contributed by atoms with van der Waals surface area (Å²) in [7, 11) is 0. The summed E-state index contributed by atoms with van der Waals surface area (Å²) < 4.78 is 10.5. The summed E-state index contributed by atoms with van der Waals surface area (Å²) in [4.78, 5) is 24.1. The molecule has 0 rings (SSSR count). The largest absolute Gasteiger partial charge is 0.462 e. The highest BCUT2D eigenvalue weighted by Crippen LogP contribution is 2.10. The fraction of sp³-hybridized carbons (Fsp3) is 0.730. The number of rotatable bonds is 30. The van der Waals surface area contributed by atoms with Crippen LogP contribution in [0.3, 0.4) is 0 Å². The number of carbonyl (C=O) groups excluding carboxylic acids is 2. The molecule has 1 N–H and O–H groups in total. The SMILES string of the molecule is CCCCC=CCCCCCCCC(=O)OC[C@H](CO)OC(=O)CCCC=CCC=CCC=CCCCCCCCC. The van der Waals surface area contributed by atoms with E-state index >= 15 is 0 Å². The van der Waals surface area contributed by atoms with E-state index in [-0.39, 0.29) is 31.6 Å². The minimum atomic E-state index is -0.799. The topological polar surface area (TPSA) is 72.8 Å². The number of unbranched alkanes of at least 4 members (excludes halogenated alkanes) is 14. The molecule has 0 aliphatic heterocycles. The molecular formula is C37H64O5. The smallest absolute Gasteiger partial charge is 0.306 e. The summed E-state index contributed by atoms with van der Waals surface area (Å²) in [6.07, 6.45) is 40.3. The standard InChI is InChI=1S/C37H64O5/c1-3-5-7-9-11-13-15-16-17-18-19-20-22-24-26-28-30-32-37(40)42-35(33-38)34-41-36(39)31-29-27-25-23-21-14-12-10-8-6-4-2/h10,12,16-17,19-20,24,26,35,38H,3-9,11,13-15,18,21-23,25,27-34H2,1-2H3/t35-/m0/s1. The monoisotopic (exact) mass is 588 g/mol. The number of aliphatic hydroxyl groups excluding tert-OH is 1. The molecule has 0 aliphatic carbocycles. The number of hydrogen-bond acceptors (Lipinski definition) is 5. The molecule has 242 valence electrons. The molecule has 0 unspecified atom stereocenters. The van der Waals surface area contributed by atoms with E-state index in [9.17, 15) is 14.7 Å². The lowest BCUT2D eigenvalue weighted by molar-refractivity contribution is -0.161. The van der Waals surface area contributed by atoms with Gasteiger partial charge in [0.05, 0.1) is 6.61 Å². The molecule has 0 aliphatic rings. The van der Waals surface area contributed by atoms with Gasteiger partial charge in [-0.05, 0) is 64.2 Å². The highest BCUT2D eigenvalue weighted by atomic mass is 16.6. The Morgan fingerprint density at radius 3 is 1.60 bits per heavy atom. The molecule has 0 aromatic heterocycles. The zero-order valence-corrected chi connectivity index (χ0v) is 27.2. The van der Waals surface area contributed by atoms with Crippen LogP contribution in [-0.2, 0) is 19.1 Å². The Hall–Kier alpha value is -2.14. The van der Waals surface area contributed by atoms with E-state index < -0.39 is 6.10 Å². The summed E-state index contributed by atoms with van der Waals surface area (Å²) in [5, 5.41) is 9.49. The fourth-order valence-electron chi connectivity index (χ4n) is 4.43. The number of ether oxygens (including phenoxy) is 2. The van der Waals surface area contributed by atoms with Gasteiger partial charge in [-0.15, -0.1) is 0 Å². The van der Waals surface area contributed by atoms with Crippen molar-refractivity contribution in [1.29, 1.82) is 0 Å². The number of allylic oxidation sites excluding steroid dienone is 8. The Kier molecular flexibility index (Phi) is 31.7. The highest BCUT2D eigenvalue weighted by Gasteiger charge is 2.15. The van der Waals surface area contributed by atoms with Crippen LogP contribution >= 0.6 is 0 Å². The maximum Gasteiger partial charge on any atom is 0.306 e. The van der Waals surface area contributed by atoms with Gasteiger partial charge in [-0.25, -0.2) is 0 Å². The zero-order valence-electron chi connectivity index (χ0n) is 27.2. The lowest BCUT2D eigenvalue weighted by Crippen LogP contribution is -2.28. The second kappa shape index (κ2) is 33.4. The van der Waals surface area contributed by atoms with Crippen LogP contribution in [0.15, 0.2) is 48.6 Å². The van der Waals surface area contributed by atoms with Crippen molar-refractivity contribution in [2.75, 3.05) is 13.2 Å². The molecule has 42 heavy (non-hydrogen) atoms. The van der Waals surface area contributed by atoms with Crippen LogP contribution in [-0.4, -0.2) is 36.4 Å². The lowest BCUT2D eigenvalue weighted by atomic mass is 10.1. The third kappa shape index (κ3) is 30.8. The van der Waals surface area contributed by atoms with Crippen molar-refractivity contribution in [1.82, 2.24) is 0 Å². The van der Waals surface area contributed by atoms with Gasteiger partial charge in [-0.2, -0.15) is 0 Å². The molecule has 0 radical (unpaired) electrons. The first-order valence-corrected chi connectivity index (χ1v) is 17.2. The number of hydrogen-bond donors (Lipinski definition) is 1. The van der Waals surface area contributed by atoms with Crippen LogP contribution in [0.2, 0.25) is 0 Å². The van der Waals surface area contributed by atoms with Crippen molar-refractivity contribution in [3.8, 4) is 0 Å². The molecule has 0 saturated heterocycles. The van der Waals surface area contributed by atoms with Crippen LogP contribution in [0.5, 0.6) is 0 Å². The molecule has 0 fully saturated rings. The minimum absolute atomic E-state index is 0.0914. The van der Waals surface area contributed by atoms with Gasteiger partial charge in [0.1, 0.15) is 6.61 Å². The van der Waals surface area contributed by atoms with E-state index in [0.717, 1.165) is 44.9 Å². The summed E-state index contributed by atoms with van der Waals surface area (Å²) in [5.74, 6) is -0.668. The van der Waals surface area contributed by atoms with Crippen molar-refractivity contribution in [3.05, 3.63) is 48.6 Å². The lowest BCUT2D eigenvalue weighted by Gasteiger charge is -2.15. The van der Waals surface area contributed by atoms with E-state index in [4.69, 9.17) is 9.47 Å². The van der Waals surface area contributed by atoms with Gasteiger partial charge in [0.2, 0.25) is 0 Å². The highest BCUT2D eigenvalue weighted by molar-refractivity contribution is 5.70. The van der Waals surface area contributed by atoms with Crippen LogP contribution in [0.25, 0.3) is 0 Å². The van der Waals surface area contributed by atoms with Gasteiger partial charge in [-0.1, -0.05) is 127 Å². The first kappa shape index (κ1) is 39.9. The predicted octanol–water partition coefficient (Wildman–Crippen LogP) is 10.3. The average molecular weight is 589 g/mol. The molecular weight excluding hydrogens is 524 g/mol. The Morgan fingerprint density at radius 2 is 1.00 bits per heavy atom. The van der Waals surface area contributed by atoms with E-state index in [2.05, 4.69) is 62.5 Å². The van der Waals surface area contributed by atoms with Crippen molar-refractivity contribution in [2.45, 2.75) is 161 Å². The van der Waals surface area contributed by atoms with Gasteiger partial charge >= 0.3 is 11.9 Å². The number of carbonyl (C=O) groups is 2. The third-order valence-electron chi connectivity index (χ3n) is 7.10.